The first-order valence-corrected chi connectivity index (χ1v) is 6.10. The first-order chi connectivity index (χ1) is 7.66. The molecule has 0 aliphatic heterocycles. The monoisotopic (exact) mass is 239 g/mol. The maximum Gasteiger partial charge on any atom is 0.251 e. The predicted octanol–water partition coefficient (Wildman–Crippen LogP) is 3.05. The number of alkyl halides is 1. The average Bonchev–Trinajstić information content (AvgIpc) is 2.24. The SMILES string of the molecule is Cc1cccc(C)c1C(=O)NCCCCCl. The fourth-order valence-electron chi connectivity index (χ4n) is 1.68. The fraction of sp³-hybridized carbons (Fsp3) is 0.462. The van der Waals surface area contributed by atoms with E-state index in [1.165, 1.54) is 0 Å². The Morgan fingerprint density at radius 2 is 1.88 bits per heavy atom. The summed E-state index contributed by atoms with van der Waals surface area (Å²) in [6.07, 6.45) is 1.87. The molecule has 0 aliphatic rings. The summed E-state index contributed by atoms with van der Waals surface area (Å²) in [6, 6.07) is 5.89. The Hall–Kier alpha value is -1.02. The highest BCUT2D eigenvalue weighted by atomic mass is 35.5. The molecule has 1 aromatic carbocycles. The van der Waals surface area contributed by atoms with Gasteiger partial charge in [-0.15, -0.1) is 11.6 Å². The summed E-state index contributed by atoms with van der Waals surface area (Å²) in [6.45, 7) is 4.61. The zero-order valence-electron chi connectivity index (χ0n) is 9.85. The smallest absolute Gasteiger partial charge is 0.251 e. The van der Waals surface area contributed by atoms with Gasteiger partial charge < -0.3 is 5.32 Å². The van der Waals surface area contributed by atoms with E-state index in [0.717, 1.165) is 29.5 Å². The zero-order chi connectivity index (χ0) is 12.0. The number of hydrogen-bond donors (Lipinski definition) is 1. The molecule has 88 valence electrons. The van der Waals surface area contributed by atoms with Gasteiger partial charge in [-0.05, 0) is 37.8 Å². The highest BCUT2D eigenvalue weighted by Gasteiger charge is 2.10. The molecule has 0 bridgehead atoms. The number of rotatable bonds is 5. The van der Waals surface area contributed by atoms with E-state index in [9.17, 15) is 4.79 Å². The zero-order valence-corrected chi connectivity index (χ0v) is 10.6. The van der Waals surface area contributed by atoms with Gasteiger partial charge in [0.25, 0.3) is 5.91 Å². The summed E-state index contributed by atoms with van der Waals surface area (Å²) < 4.78 is 0. The van der Waals surface area contributed by atoms with E-state index in [1.54, 1.807) is 0 Å². The van der Waals surface area contributed by atoms with E-state index in [0.29, 0.717) is 12.4 Å². The second kappa shape index (κ2) is 6.54. The van der Waals surface area contributed by atoms with Crippen LogP contribution in [0.3, 0.4) is 0 Å². The second-order valence-electron chi connectivity index (χ2n) is 3.92. The van der Waals surface area contributed by atoms with Crippen molar-refractivity contribution in [1.29, 1.82) is 0 Å². The highest BCUT2D eigenvalue weighted by Crippen LogP contribution is 2.12. The third-order valence-electron chi connectivity index (χ3n) is 2.55. The van der Waals surface area contributed by atoms with Crippen LogP contribution in [0.5, 0.6) is 0 Å². The van der Waals surface area contributed by atoms with E-state index in [-0.39, 0.29) is 5.91 Å². The fourth-order valence-corrected chi connectivity index (χ4v) is 1.87. The van der Waals surface area contributed by atoms with Crippen molar-refractivity contribution >= 4 is 17.5 Å². The minimum absolute atomic E-state index is 0.0187. The van der Waals surface area contributed by atoms with Crippen molar-refractivity contribution in [2.75, 3.05) is 12.4 Å². The van der Waals surface area contributed by atoms with Crippen LogP contribution in [0.15, 0.2) is 18.2 Å². The van der Waals surface area contributed by atoms with E-state index >= 15 is 0 Å². The van der Waals surface area contributed by atoms with Crippen molar-refractivity contribution < 1.29 is 4.79 Å². The van der Waals surface area contributed by atoms with Crippen molar-refractivity contribution in [3.8, 4) is 0 Å². The van der Waals surface area contributed by atoms with Gasteiger partial charge in [-0.3, -0.25) is 4.79 Å². The third-order valence-corrected chi connectivity index (χ3v) is 2.82. The van der Waals surface area contributed by atoms with Crippen molar-refractivity contribution in [3.63, 3.8) is 0 Å². The molecule has 0 aliphatic carbocycles. The Labute approximate surface area is 102 Å². The van der Waals surface area contributed by atoms with E-state index in [1.807, 2.05) is 32.0 Å². The van der Waals surface area contributed by atoms with Crippen LogP contribution >= 0.6 is 11.6 Å². The molecule has 0 saturated heterocycles. The summed E-state index contributed by atoms with van der Waals surface area (Å²) in [4.78, 5) is 11.9. The van der Waals surface area contributed by atoms with Gasteiger partial charge in [0, 0.05) is 18.0 Å². The van der Waals surface area contributed by atoms with Crippen LogP contribution in [0.2, 0.25) is 0 Å². The molecule has 1 N–H and O–H groups in total. The molecule has 2 nitrogen and oxygen atoms in total. The normalized spacial score (nSPS) is 10.2. The molecule has 0 aromatic heterocycles. The van der Waals surface area contributed by atoms with E-state index in [4.69, 9.17) is 11.6 Å². The van der Waals surface area contributed by atoms with Gasteiger partial charge in [0.15, 0.2) is 0 Å². The van der Waals surface area contributed by atoms with Crippen LogP contribution in [0.25, 0.3) is 0 Å². The van der Waals surface area contributed by atoms with Gasteiger partial charge in [-0.1, -0.05) is 18.2 Å². The van der Waals surface area contributed by atoms with Gasteiger partial charge in [0.1, 0.15) is 0 Å². The number of unbranched alkanes of at least 4 members (excludes halogenated alkanes) is 1. The van der Waals surface area contributed by atoms with Crippen LogP contribution < -0.4 is 5.32 Å². The third kappa shape index (κ3) is 3.53. The maximum atomic E-state index is 11.9. The Bertz CT molecular complexity index is 343. The number of aryl methyl sites for hydroxylation is 2. The standard InChI is InChI=1S/C13H18ClNO/c1-10-6-5-7-11(2)12(10)13(16)15-9-4-3-8-14/h5-7H,3-4,8-9H2,1-2H3,(H,15,16). The lowest BCUT2D eigenvalue weighted by atomic mass is 10.0. The molecule has 0 heterocycles. The maximum absolute atomic E-state index is 11.9. The van der Waals surface area contributed by atoms with Crippen LogP contribution in [-0.4, -0.2) is 18.3 Å². The first kappa shape index (κ1) is 13.0. The van der Waals surface area contributed by atoms with Crippen LogP contribution in [-0.2, 0) is 0 Å². The molecule has 0 spiro atoms. The molecule has 16 heavy (non-hydrogen) atoms. The quantitative estimate of drug-likeness (QED) is 0.621. The number of halogens is 1. The largest absolute Gasteiger partial charge is 0.352 e. The molecule has 1 amide bonds. The van der Waals surface area contributed by atoms with Crippen LogP contribution in [0.1, 0.15) is 34.3 Å². The minimum Gasteiger partial charge on any atom is -0.352 e. The lowest BCUT2D eigenvalue weighted by Crippen LogP contribution is -2.26. The summed E-state index contributed by atoms with van der Waals surface area (Å²) in [5, 5.41) is 2.92. The Kier molecular flexibility index (Phi) is 5.33. The molecule has 0 unspecified atom stereocenters. The lowest BCUT2D eigenvalue weighted by Gasteiger charge is -2.09. The van der Waals surface area contributed by atoms with Gasteiger partial charge in [0.2, 0.25) is 0 Å². The van der Waals surface area contributed by atoms with Crippen molar-refractivity contribution in [2.45, 2.75) is 26.7 Å². The second-order valence-corrected chi connectivity index (χ2v) is 4.30. The molecule has 0 fully saturated rings. The van der Waals surface area contributed by atoms with Gasteiger partial charge >= 0.3 is 0 Å². The summed E-state index contributed by atoms with van der Waals surface area (Å²) >= 11 is 5.57. The topological polar surface area (TPSA) is 29.1 Å². The number of carbonyl (C=O) groups excluding carboxylic acids is 1. The highest BCUT2D eigenvalue weighted by molar-refractivity contribution is 6.17. The summed E-state index contributed by atoms with van der Waals surface area (Å²) in [7, 11) is 0. The molecule has 0 atom stereocenters. The average molecular weight is 240 g/mol. The van der Waals surface area contributed by atoms with E-state index < -0.39 is 0 Å². The lowest BCUT2D eigenvalue weighted by molar-refractivity contribution is 0.0952. The van der Waals surface area contributed by atoms with Crippen molar-refractivity contribution in [2.24, 2.45) is 0 Å². The number of benzene rings is 1. The molecule has 1 rings (SSSR count). The molecular weight excluding hydrogens is 222 g/mol. The molecule has 1 aromatic rings. The van der Waals surface area contributed by atoms with Gasteiger partial charge in [0.05, 0.1) is 0 Å². The minimum atomic E-state index is 0.0187. The Balaban J connectivity index is 2.59. The summed E-state index contributed by atoms with van der Waals surface area (Å²) in [5.74, 6) is 0.671. The summed E-state index contributed by atoms with van der Waals surface area (Å²) in [5.41, 5.74) is 2.85. The van der Waals surface area contributed by atoms with E-state index in [2.05, 4.69) is 5.32 Å². The number of hydrogen-bond acceptors (Lipinski definition) is 1. The Morgan fingerprint density at radius 1 is 1.25 bits per heavy atom. The Morgan fingerprint density at radius 3 is 2.44 bits per heavy atom. The molecule has 0 radical (unpaired) electrons. The van der Waals surface area contributed by atoms with Crippen LogP contribution in [0, 0.1) is 13.8 Å². The van der Waals surface area contributed by atoms with Crippen molar-refractivity contribution in [1.82, 2.24) is 5.32 Å². The molecular formula is C13H18ClNO. The predicted molar refractivity (Wildman–Crippen MR) is 68.2 cm³/mol. The number of amides is 1. The van der Waals surface area contributed by atoms with Crippen molar-refractivity contribution in [3.05, 3.63) is 34.9 Å². The van der Waals surface area contributed by atoms with Gasteiger partial charge in [-0.2, -0.15) is 0 Å². The molecule has 3 heteroatoms. The van der Waals surface area contributed by atoms with Crippen LogP contribution in [0.4, 0.5) is 0 Å². The first-order valence-electron chi connectivity index (χ1n) is 5.57. The molecule has 0 saturated carbocycles. The van der Waals surface area contributed by atoms with Gasteiger partial charge in [-0.25, -0.2) is 0 Å². The number of carbonyl (C=O) groups is 1. The number of nitrogens with one attached hydrogen (secondary N) is 1.